The highest BCUT2D eigenvalue weighted by molar-refractivity contribution is 5.96. The van der Waals surface area contributed by atoms with Gasteiger partial charge in [0.25, 0.3) is 0 Å². The van der Waals surface area contributed by atoms with Crippen molar-refractivity contribution in [3.8, 4) is 0 Å². The number of carbonyl (C=O) groups is 1. The number of fused-ring (bicyclic) bond motifs is 1. The van der Waals surface area contributed by atoms with E-state index >= 15 is 0 Å². The van der Waals surface area contributed by atoms with Crippen molar-refractivity contribution in [3.63, 3.8) is 0 Å². The molecule has 3 heterocycles. The second kappa shape index (κ2) is 8.71. The summed E-state index contributed by atoms with van der Waals surface area (Å²) in [5, 5.41) is 13.9. The number of aryl methyl sites for hydroxylation is 1. The largest absolute Gasteiger partial charge is 0.388 e. The molecule has 152 valence electrons. The number of Topliss-reactive ketones (excluding diaryl/α,β-unsaturated/α-hetero) is 1. The van der Waals surface area contributed by atoms with E-state index in [4.69, 9.17) is 5.11 Å². The van der Waals surface area contributed by atoms with Gasteiger partial charge in [-0.1, -0.05) is 18.2 Å². The van der Waals surface area contributed by atoms with Gasteiger partial charge in [-0.05, 0) is 36.9 Å². The van der Waals surface area contributed by atoms with E-state index in [2.05, 4.69) is 62.3 Å². The topological polar surface area (TPSA) is 83.3 Å². The van der Waals surface area contributed by atoms with Crippen LogP contribution in [-0.2, 0) is 13.6 Å². The third kappa shape index (κ3) is 4.31. The number of nitrogens with one attached hydrogen (secondary N) is 1. The lowest BCUT2D eigenvalue weighted by molar-refractivity contribution is 0.0903. The molecule has 2 aromatic heterocycles. The molecule has 0 atom stereocenters. The standard InChI is InChI=1S/C22H27N5O2/c1-26-14-18(19-4-2-3-5-20(19)26)11-23-10-16-6-8-27(9-7-16)22-24-12-17(13-25-22)21(29)15-28/h2-5,12-14,16,23,28H,6-11,15H2,1H3. The Kier molecular flexibility index (Phi) is 5.87. The molecule has 4 rings (SSSR count). The van der Waals surface area contributed by atoms with Gasteiger partial charge in [0.05, 0.1) is 5.56 Å². The number of ketones is 1. The van der Waals surface area contributed by atoms with Crippen molar-refractivity contribution in [2.45, 2.75) is 19.4 Å². The third-order valence-corrected chi connectivity index (χ3v) is 5.73. The molecule has 0 unspecified atom stereocenters. The molecule has 7 nitrogen and oxygen atoms in total. The highest BCUT2D eigenvalue weighted by Gasteiger charge is 2.21. The fourth-order valence-corrected chi connectivity index (χ4v) is 4.03. The van der Waals surface area contributed by atoms with Gasteiger partial charge in [-0.3, -0.25) is 4.79 Å². The van der Waals surface area contributed by atoms with E-state index in [-0.39, 0.29) is 5.78 Å². The van der Waals surface area contributed by atoms with E-state index in [0.717, 1.165) is 39.0 Å². The zero-order valence-electron chi connectivity index (χ0n) is 16.7. The summed E-state index contributed by atoms with van der Waals surface area (Å²) < 4.78 is 2.18. The predicted octanol–water partition coefficient (Wildman–Crippen LogP) is 2.15. The lowest BCUT2D eigenvalue weighted by Gasteiger charge is -2.32. The van der Waals surface area contributed by atoms with Crippen molar-refractivity contribution >= 4 is 22.6 Å². The lowest BCUT2D eigenvalue weighted by atomic mass is 9.97. The Bertz CT molecular complexity index is 975. The van der Waals surface area contributed by atoms with Crippen molar-refractivity contribution in [1.29, 1.82) is 0 Å². The molecule has 0 amide bonds. The number of aliphatic hydroxyl groups is 1. The van der Waals surface area contributed by atoms with Gasteiger partial charge >= 0.3 is 0 Å². The number of aliphatic hydroxyl groups excluding tert-OH is 1. The molecule has 0 radical (unpaired) electrons. The monoisotopic (exact) mass is 393 g/mol. The van der Waals surface area contributed by atoms with Crippen LogP contribution in [0.15, 0.2) is 42.9 Å². The molecule has 1 saturated heterocycles. The number of nitrogens with zero attached hydrogens (tertiary/aromatic N) is 4. The summed E-state index contributed by atoms with van der Waals surface area (Å²) in [5.41, 5.74) is 2.96. The molecule has 29 heavy (non-hydrogen) atoms. The molecule has 0 aliphatic carbocycles. The van der Waals surface area contributed by atoms with Gasteiger partial charge in [0, 0.05) is 56.2 Å². The number of carbonyl (C=O) groups excluding carboxylic acids is 1. The first-order valence-electron chi connectivity index (χ1n) is 10.1. The van der Waals surface area contributed by atoms with Crippen LogP contribution in [0.2, 0.25) is 0 Å². The van der Waals surface area contributed by atoms with Crippen molar-refractivity contribution < 1.29 is 9.90 Å². The van der Waals surface area contributed by atoms with Gasteiger partial charge in [0.15, 0.2) is 5.78 Å². The summed E-state index contributed by atoms with van der Waals surface area (Å²) in [5.74, 6) is 0.936. The van der Waals surface area contributed by atoms with Crippen molar-refractivity contribution in [2.24, 2.45) is 13.0 Å². The van der Waals surface area contributed by atoms with E-state index < -0.39 is 6.61 Å². The second-order valence-electron chi connectivity index (χ2n) is 7.70. The Morgan fingerprint density at radius 2 is 1.93 bits per heavy atom. The molecular weight excluding hydrogens is 366 g/mol. The summed E-state index contributed by atoms with van der Waals surface area (Å²) >= 11 is 0. The van der Waals surface area contributed by atoms with Crippen LogP contribution in [0.25, 0.3) is 10.9 Å². The Labute approximate surface area is 170 Å². The van der Waals surface area contributed by atoms with Gasteiger partial charge in [-0.15, -0.1) is 0 Å². The molecule has 1 fully saturated rings. The first-order valence-corrected chi connectivity index (χ1v) is 10.1. The third-order valence-electron chi connectivity index (χ3n) is 5.73. The number of rotatable bonds is 7. The van der Waals surface area contributed by atoms with Gasteiger partial charge in [-0.25, -0.2) is 9.97 Å². The minimum Gasteiger partial charge on any atom is -0.388 e. The Morgan fingerprint density at radius 3 is 2.66 bits per heavy atom. The zero-order valence-corrected chi connectivity index (χ0v) is 16.7. The minimum atomic E-state index is -0.514. The van der Waals surface area contributed by atoms with Gasteiger partial charge < -0.3 is 19.9 Å². The maximum atomic E-state index is 11.5. The van der Waals surface area contributed by atoms with Crippen molar-refractivity contribution in [3.05, 3.63) is 54.0 Å². The number of hydrogen-bond acceptors (Lipinski definition) is 6. The molecule has 0 saturated carbocycles. The number of benzene rings is 1. The van der Waals surface area contributed by atoms with Crippen LogP contribution in [0.3, 0.4) is 0 Å². The van der Waals surface area contributed by atoms with E-state index in [1.54, 1.807) is 0 Å². The molecule has 1 aromatic carbocycles. The molecule has 7 heteroatoms. The number of para-hydroxylation sites is 1. The van der Waals surface area contributed by atoms with Gasteiger partial charge in [0.2, 0.25) is 5.95 Å². The van der Waals surface area contributed by atoms with Crippen LogP contribution in [-0.4, -0.2) is 51.7 Å². The molecule has 0 spiro atoms. The molecule has 0 bridgehead atoms. The van der Waals surface area contributed by atoms with Gasteiger partial charge in [0.1, 0.15) is 6.61 Å². The quantitative estimate of drug-likeness (QED) is 0.599. The normalized spacial score (nSPS) is 15.2. The Balaban J connectivity index is 1.26. The highest BCUT2D eigenvalue weighted by Crippen LogP contribution is 2.22. The SMILES string of the molecule is Cn1cc(CNCC2CCN(c3ncc(C(=O)CO)cn3)CC2)c2ccccc21. The molecule has 3 aromatic rings. The lowest BCUT2D eigenvalue weighted by Crippen LogP contribution is -2.38. The number of hydrogen-bond donors (Lipinski definition) is 2. The predicted molar refractivity (Wildman–Crippen MR) is 113 cm³/mol. The fourth-order valence-electron chi connectivity index (χ4n) is 4.03. The molecule has 1 aliphatic rings. The number of aromatic nitrogens is 3. The average Bonchev–Trinajstić information content (AvgIpc) is 3.10. The summed E-state index contributed by atoms with van der Waals surface area (Å²) in [6.45, 7) is 3.19. The summed E-state index contributed by atoms with van der Waals surface area (Å²) in [6.07, 6.45) is 7.38. The van der Waals surface area contributed by atoms with E-state index in [0.29, 0.717) is 17.4 Å². The van der Waals surface area contributed by atoms with E-state index in [9.17, 15) is 4.79 Å². The smallest absolute Gasteiger partial charge is 0.225 e. The zero-order chi connectivity index (χ0) is 20.2. The summed E-state index contributed by atoms with van der Waals surface area (Å²) in [7, 11) is 2.09. The van der Waals surface area contributed by atoms with Crippen LogP contribution in [0, 0.1) is 5.92 Å². The Hall–Kier alpha value is -2.77. The number of piperidine rings is 1. The van der Waals surface area contributed by atoms with Crippen molar-refractivity contribution in [1.82, 2.24) is 19.9 Å². The van der Waals surface area contributed by atoms with Crippen LogP contribution < -0.4 is 10.2 Å². The van der Waals surface area contributed by atoms with Crippen molar-refractivity contribution in [2.75, 3.05) is 31.1 Å². The summed E-state index contributed by atoms with van der Waals surface area (Å²) in [6, 6.07) is 8.51. The van der Waals surface area contributed by atoms with E-state index in [1.165, 1.54) is 28.9 Å². The second-order valence-corrected chi connectivity index (χ2v) is 7.70. The highest BCUT2D eigenvalue weighted by atomic mass is 16.3. The Morgan fingerprint density at radius 1 is 1.21 bits per heavy atom. The maximum absolute atomic E-state index is 11.5. The fraction of sp³-hybridized carbons (Fsp3) is 0.409. The summed E-state index contributed by atoms with van der Waals surface area (Å²) in [4.78, 5) is 22.2. The van der Waals surface area contributed by atoms with Gasteiger partial charge in [-0.2, -0.15) is 0 Å². The van der Waals surface area contributed by atoms with Crippen LogP contribution in [0.1, 0.15) is 28.8 Å². The van der Waals surface area contributed by atoms with E-state index in [1.807, 2.05) is 0 Å². The number of anilines is 1. The molecule has 2 N–H and O–H groups in total. The average molecular weight is 393 g/mol. The minimum absolute atomic E-state index is 0.351. The van der Waals surface area contributed by atoms with Crippen LogP contribution >= 0.6 is 0 Å². The first-order chi connectivity index (χ1) is 14.2. The molecule has 1 aliphatic heterocycles. The van der Waals surface area contributed by atoms with Crippen LogP contribution in [0.4, 0.5) is 5.95 Å². The molecular formula is C22H27N5O2. The maximum Gasteiger partial charge on any atom is 0.225 e. The first kappa shape index (κ1) is 19.5. The van der Waals surface area contributed by atoms with Crippen LogP contribution in [0.5, 0.6) is 0 Å².